The van der Waals surface area contributed by atoms with E-state index in [1.165, 1.54) is 49.2 Å². The van der Waals surface area contributed by atoms with Gasteiger partial charge < -0.3 is 10.1 Å². The molecule has 2 heterocycles. The molecule has 4 rings (SSSR count). The normalized spacial score (nSPS) is 29.6. The number of thiazole rings is 1. The lowest BCUT2D eigenvalue weighted by Crippen LogP contribution is -2.25. The Morgan fingerprint density at radius 1 is 1.25 bits per heavy atom. The van der Waals surface area contributed by atoms with Crippen molar-refractivity contribution in [2.75, 3.05) is 19.8 Å². The second kappa shape index (κ2) is 5.74. The van der Waals surface area contributed by atoms with E-state index in [0.29, 0.717) is 11.8 Å². The van der Waals surface area contributed by atoms with Gasteiger partial charge in [-0.1, -0.05) is 0 Å². The van der Waals surface area contributed by atoms with Crippen LogP contribution in [0.4, 0.5) is 0 Å². The Morgan fingerprint density at radius 3 is 3.00 bits per heavy atom. The van der Waals surface area contributed by atoms with Gasteiger partial charge in [-0.2, -0.15) is 0 Å². The van der Waals surface area contributed by atoms with Crippen molar-refractivity contribution in [1.82, 2.24) is 10.3 Å². The molecule has 0 spiro atoms. The second-order valence-electron chi connectivity index (χ2n) is 6.62. The summed E-state index contributed by atoms with van der Waals surface area (Å²) in [5.41, 5.74) is 1.43. The zero-order valence-corrected chi connectivity index (χ0v) is 12.9. The third-order valence-corrected chi connectivity index (χ3v) is 5.99. The molecule has 1 aromatic heterocycles. The van der Waals surface area contributed by atoms with Crippen molar-refractivity contribution in [3.8, 4) is 0 Å². The molecule has 20 heavy (non-hydrogen) atoms. The molecule has 1 N–H and O–H groups in total. The van der Waals surface area contributed by atoms with Crippen molar-refractivity contribution < 1.29 is 4.74 Å². The van der Waals surface area contributed by atoms with Crippen LogP contribution in [0.1, 0.15) is 53.6 Å². The molecule has 0 bridgehead atoms. The van der Waals surface area contributed by atoms with E-state index in [2.05, 4.69) is 5.32 Å². The van der Waals surface area contributed by atoms with E-state index in [1.54, 1.807) is 4.88 Å². The van der Waals surface area contributed by atoms with Gasteiger partial charge in [0.15, 0.2) is 0 Å². The minimum atomic E-state index is 0.671. The molecule has 2 fully saturated rings. The third kappa shape index (κ3) is 2.92. The topological polar surface area (TPSA) is 34.1 Å². The summed E-state index contributed by atoms with van der Waals surface area (Å²) in [4.78, 5) is 6.59. The van der Waals surface area contributed by atoms with Gasteiger partial charge in [0.05, 0.1) is 10.7 Å². The molecule has 2 atom stereocenters. The van der Waals surface area contributed by atoms with Crippen LogP contribution < -0.4 is 5.32 Å². The summed E-state index contributed by atoms with van der Waals surface area (Å²) in [6, 6.07) is 0.814. The number of ether oxygens (including phenoxy) is 1. The van der Waals surface area contributed by atoms with Crippen LogP contribution in [-0.4, -0.2) is 30.8 Å². The number of nitrogens with one attached hydrogen (secondary N) is 1. The Morgan fingerprint density at radius 2 is 2.20 bits per heavy atom. The highest BCUT2D eigenvalue weighted by molar-refractivity contribution is 7.11. The van der Waals surface area contributed by atoms with Crippen LogP contribution in [0.15, 0.2) is 0 Å². The number of hydrogen-bond acceptors (Lipinski definition) is 4. The fourth-order valence-electron chi connectivity index (χ4n) is 3.43. The van der Waals surface area contributed by atoms with Crippen molar-refractivity contribution in [1.29, 1.82) is 0 Å². The molecule has 3 aliphatic rings. The Balaban J connectivity index is 1.44. The predicted octanol–water partition coefficient (Wildman–Crippen LogP) is 2.89. The minimum Gasteiger partial charge on any atom is -0.381 e. The fraction of sp³-hybridized carbons (Fsp3) is 0.812. The average molecular weight is 292 g/mol. The van der Waals surface area contributed by atoms with E-state index >= 15 is 0 Å². The van der Waals surface area contributed by atoms with Crippen LogP contribution in [0.5, 0.6) is 0 Å². The fourth-order valence-corrected chi connectivity index (χ4v) is 4.74. The van der Waals surface area contributed by atoms with E-state index in [4.69, 9.17) is 9.72 Å². The van der Waals surface area contributed by atoms with Crippen LogP contribution in [0, 0.1) is 5.92 Å². The maximum atomic E-state index is 5.49. The number of aryl methyl sites for hydroxylation is 1. The zero-order chi connectivity index (χ0) is 13.4. The quantitative estimate of drug-likeness (QED) is 0.906. The first-order valence-corrected chi connectivity index (χ1v) is 9.00. The summed E-state index contributed by atoms with van der Waals surface area (Å²) in [5, 5.41) is 5.06. The molecular formula is C16H24N2OS. The van der Waals surface area contributed by atoms with Crippen molar-refractivity contribution in [2.24, 2.45) is 5.92 Å². The molecular weight excluding hydrogens is 268 g/mol. The maximum absolute atomic E-state index is 5.49. The van der Waals surface area contributed by atoms with E-state index in [9.17, 15) is 0 Å². The molecule has 0 radical (unpaired) electrons. The first-order chi connectivity index (χ1) is 9.88. The zero-order valence-electron chi connectivity index (χ0n) is 12.1. The van der Waals surface area contributed by atoms with E-state index in [0.717, 1.165) is 32.2 Å². The molecule has 2 aliphatic carbocycles. The summed E-state index contributed by atoms with van der Waals surface area (Å²) >= 11 is 1.98. The summed E-state index contributed by atoms with van der Waals surface area (Å²) in [6.07, 6.45) is 9.04. The number of aromatic nitrogens is 1. The molecule has 1 aromatic rings. The van der Waals surface area contributed by atoms with Gasteiger partial charge in [-0.3, -0.25) is 0 Å². The molecule has 110 valence electrons. The Labute approximate surface area is 125 Å². The molecule has 4 heteroatoms. The molecule has 3 nitrogen and oxygen atoms in total. The largest absolute Gasteiger partial charge is 0.381 e. The van der Waals surface area contributed by atoms with E-state index < -0.39 is 0 Å². The Bertz CT molecular complexity index is 463. The standard InChI is InChI=1S/C16H24N2OS/c1-2-12(9-17-13-4-5-13)16-14(3-1)20-15(18-16)8-11-6-7-19-10-11/h11-13,17H,1-10H2. The molecule has 1 aliphatic heterocycles. The van der Waals surface area contributed by atoms with Crippen molar-refractivity contribution in [3.63, 3.8) is 0 Å². The highest BCUT2D eigenvalue weighted by atomic mass is 32.1. The van der Waals surface area contributed by atoms with Crippen LogP contribution in [0.25, 0.3) is 0 Å². The average Bonchev–Trinajstić information content (AvgIpc) is 2.97. The van der Waals surface area contributed by atoms with Crippen molar-refractivity contribution in [2.45, 2.75) is 56.9 Å². The first-order valence-electron chi connectivity index (χ1n) is 8.18. The van der Waals surface area contributed by atoms with Gasteiger partial charge in [-0.15, -0.1) is 11.3 Å². The summed E-state index contributed by atoms with van der Waals surface area (Å²) in [6.45, 7) is 3.04. The van der Waals surface area contributed by atoms with Gasteiger partial charge in [0.2, 0.25) is 0 Å². The number of nitrogens with zero attached hydrogens (tertiary/aromatic N) is 1. The van der Waals surface area contributed by atoms with Crippen LogP contribution in [0.2, 0.25) is 0 Å². The summed E-state index contributed by atoms with van der Waals surface area (Å²) in [7, 11) is 0. The van der Waals surface area contributed by atoms with Gasteiger partial charge in [-0.25, -0.2) is 4.98 Å². The van der Waals surface area contributed by atoms with Crippen LogP contribution >= 0.6 is 11.3 Å². The Hall–Kier alpha value is -0.450. The lowest BCUT2D eigenvalue weighted by atomic mass is 9.91. The van der Waals surface area contributed by atoms with Crippen molar-refractivity contribution in [3.05, 3.63) is 15.6 Å². The molecule has 0 aromatic carbocycles. The molecule has 0 amide bonds. The number of rotatable bonds is 5. The van der Waals surface area contributed by atoms with Gasteiger partial charge in [0, 0.05) is 43.0 Å². The van der Waals surface area contributed by atoms with E-state index in [1.807, 2.05) is 11.3 Å². The van der Waals surface area contributed by atoms with Gasteiger partial charge in [0.1, 0.15) is 0 Å². The van der Waals surface area contributed by atoms with Crippen molar-refractivity contribution >= 4 is 11.3 Å². The van der Waals surface area contributed by atoms with Crippen LogP contribution in [-0.2, 0) is 17.6 Å². The lowest BCUT2D eigenvalue weighted by molar-refractivity contribution is 0.186. The maximum Gasteiger partial charge on any atom is 0.0934 e. The highest BCUT2D eigenvalue weighted by Crippen LogP contribution is 2.36. The van der Waals surface area contributed by atoms with Gasteiger partial charge >= 0.3 is 0 Å². The molecule has 2 unspecified atom stereocenters. The van der Waals surface area contributed by atoms with Crippen LogP contribution in [0.3, 0.4) is 0 Å². The lowest BCUT2D eigenvalue weighted by Gasteiger charge is -2.21. The van der Waals surface area contributed by atoms with Gasteiger partial charge in [-0.05, 0) is 44.4 Å². The number of fused-ring (bicyclic) bond motifs is 1. The highest BCUT2D eigenvalue weighted by Gasteiger charge is 2.28. The summed E-state index contributed by atoms with van der Waals surface area (Å²) in [5.74, 6) is 1.38. The minimum absolute atomic E-state index is 0.671. The number of hydrogen-bond donors (Lipinski definition) is 1. The predicted molar refractivity (Wildman–Crippen MR) is 81.4 cm³/mol. The summed E-state index contributed by atoms with van der Waals surface area (Å²) < 4.78 is 5.49. The monoisotopic (exact) mass is 292 g/mol. The third-order valence-electron chi connectivity index (χ3n) is 4.83. The first kappa shape index (κ1) is 13.2. The second-order valence-corrected chi connectivity index (χ2v) is 7.79. The smallest absolute Gasteiger partial charge is 0.0934 e. The van der Waals surface area contributed by atoms with Gasteiger partial charge in [0.25, 0.3) is 0 Å². The Kier molecular flexibility index (Phi) is 3.80. The van der Waals surface area contributed by atoms with E-state index in [-0.39, 0.29) is 0 Å². The SMILES string of the molecule is C1Cc2sc(CC3CCOC3)nc2C(CNC2CC2)C1. The molecule has 1 saturated carbocycles. The molecule has 1 saturated heterocycles.